The molecule has 14 heteroatoms. The lowest BCUT2D eigenvalue weighted by molar-refractivity contribution is -0.138. The Kier molecular flexibility index (Phi) is 13.1. The van der Waals surface area contributed by atoms with Crippen molar-refractivity contribution in [3.05, 3.63) is 70.5 Å². The molecule has 45 heavy (non-hydrogen) atoms. The number of aryl methyl sites for hydroxylation is 1. The van der Waals surface area contributed by atoms with Crippen molar-refractivity contribution in [2.75, 3.05) is 13.2 Å². The van der Waals surface area contributed by atoms with Gasteiger partial charge in [-0.1, -0.05) is 24.3 Å². The standard InChI is InChI=1S/C31H37F4N5O5/c1-18-9-10-21(24(32)11-18)15-37-28(43)25(39-29(44)26(19(2)41)38-17-31(33,34)35)16-45-23-8-6-7-20(13-23)12-22(14-36)27(42)40-30(3,4)5/h6-13,19,25-26,38,41H,15-17H2,1-5H3,(H,37,43)(H,39,44)(H,40,42)/t19-,25?,26+/m1/s1. The topological polar surface area (TPSA) is 153 Å². The molecule has 0 aliphatic carbocycles. The molecule has 0 saturated carbocycles. The van der Waals surface area contributed by atoms with Gasteiger partial charge in [0, 0.05) is 17.6 Å². The first-order chi connectivity index (χ1) is 20.9. The number of nitrogens with one attached hydrogen (secondary N) is 4. The quantitative estimate of drug-likeness (QED) is 0.129. The first-order valence-electron chi connectivity index (χ1n) is 13.9. The maximum atomic E-state index is 14.3. The molecule has 244 valence electrons. The highest BCUT2D eigenvalue weighted by molar-refractivity contribution is 6.02. The van der Waals surface area contributed by atoms with Crippen molar-refractivity contribution in [1.29, 1.82) is 5.26 Å². The van der Waals surface area contributed by atoms with Crippen LogP contribution in [0, 0.1) is 24.1 Å². The number of hydrogen-bond acceptors (Lipinski definition) is 7. The van der Waals surface area contributed by atoms with Gasteiger partial charge in [0.05, 0.1) is 12.6 Å². The van der Waals surface area contributed by atoms with Crippen molar-refractivity contribution >= 4 is 23.8 Å². The Hall–Kier alpha value is -4.48. The van der Waals surface area contributed by atoms with Crippen LogP contribution >= 0.6 is 0 Å². The minimum atomic E-state index is -4.68. The zero-order valence-electron chi connectivity index (χ0n) is 25.5. The number of rotatable bonds is 13. The van der Waals surface area contributed by atoms with E-state index in [2.05, 4.69) is 16.0 Å². The van der Waals surface area contributed by atoms with Crippen LogP contribution in [0.5, 0.6) is 5.75 Å². The summed E-state index contributed by atoms with van der Waals surface area (Å²) in [5.41, 5.74) is 0.449. The van der Waals surface area contributed by atoms with Gasteiger partial charge in [-0.2, -0.15) is 18.4 Å². The summed E-state index contributed by atoms with van der Waals surface area (Å²) in [6, 6.07) is 9.10. The Balaban J connectivity index is 2.27. The fourth-order valence-corrected chi connectivity index (χ4v) is 3.85. The van der Waals surface area contributed by atoms with Crippen LogP contribution in [-0.4, -0.2) is 65.9 Å². The molecule has 2 aromatic carbocycles. The van der Waals surface area contributed by atoms with Gasteiger partial charge in [0.1, 0.15) is 41.9 Å². The van der Waals surface area contributed by atoms with Gasteiger partial charge in [-0.15, -0.1) is 0 Å². The molecule has 0 radical (unpaired) electrons. The third kappa shape index (κ3) is 13.0. The molecular weight excluding hydrogens is 598 g/mol. The van der Waals surface area contributed by atoms with Crippen LogP contribution in [-0.2, 0) is 20.9 Å². The Labute approximate surface area is 258 Å². The van der Waals surface area contributed by atoms with Gasteiger partial charge in [-0.3, -0.25) is 19.7 Å². The van der Waals surface area contributed by atoms with E-state index in [9.17, 15) is 42.3 Å². The Morgan fingerprint density at radius 1 is 1.09 bits per heavy atom. The predicted octanol–water partition coefficient (Wildman–Crippen LogP) is 3.04. The van der Waals surface area contributed by atoms with Crippen LogP contribution in [0.2, 0.25) is 0 Å². The van der Waals surface area contributed by atoms with Crippen molar-refractivity contribution in [1.82, 2.24) is 21.3 Å². The summed E-state index contributed by atoms with van der Waals surface area (Å²) in [6.07, 6.45) is -4.91. The van der Waals surface area contributed by atoms with Crippen LogP contribution in [0.25, 0.3) is 6.08 Å². The van der Waals surface area contributed by atoms with E-state index in [1.165, 1.54) is 30.3 Å². The number of nitriles is 1. The Morgan fingerprint density at radius 2 is 1.78 bits per heavy atom. The second-order valence-corrected chi connectivity index (χ2v) is 11.3. The van der Waals surface area contributed by atoms with Crippen LogP contribution in [0.4, 0.5) is 17.6 Å². The minimum absolute atomic E-state index is 0.150. The third-order valence-corrected chi connectivity index (χ3v) is 6.02. The average molecular weight is 636 g/mol. The number of alkyl halides is 3. The highest BCUT2D eigenvalue weighted by Gasteiger charge is 2.34. The van der Waals surface area contributed by atoms with E-state index in [4.69, 9.17) is 4.74 Å². The fraction of sp³-hybridized carbons (Fsp3) is 0.419. The molecule has 0 bridgehead atoms. The lowest BCUT2D eigenvalue weighted by Crippen LogP contribution is -2.58. The number of carbonyl (C=O) groups is 3. The van der Waals surface area contributed by atoms with Crippen molar-refractivity contribution in [3.63, 3.8) is 0 Å². The fourth-order valence-electron chi connectivity index (χ4n) is 3.85. The molecule has 10 nitrogen and oxygen atoms in total. The van der Waals surface area contributed by atoms with Crippen LogP contribution in [0.1, 0.15) is 44.4 Å². The number of halogens is 4. The largest absolute Gasteiger partial charge is 0.491 e. The van der Waals surface area contributed by atoms with Gasteiger partial charge in [-0.25, -0.2) is 4.39 Å². The maximum absolute atomic E-state index is 14.3. The SMILES string of the molecule is Cc1ccc(CNC(=O)C(COc2cccc(C=C(C#N)C(=O)NC(C)(C)C)c2)NC(=O)[C@@H](NCC(F)(F)F)[C@@H](C)O)c(F)c1. The summed E-state index contributed by atoms with van der Waals surface area (Å²) in [7, 11) is 0. The van der Waals surface area contributed by atoms with Crippen LogP contribution in [0.3, 0.4) is 0 Å². The second kappa shape index (κ2) is 16.0. The van der Waals surface area contributed by atoms with E-state index < -0.39 is 66.6 Å². The number of aliphatic hydroxyl groups is 1. The second-order valence-electron chi connectivity index (χ2n) is 11.3. The molecule has 0 spiro atoms. The zero-order valence-corrected chi connectivity index (χ0v) is 25.5. The Morgan fingerprint density at radius 3 is 2.36 bits per heavy atom. The van der Waals surface area contributed by atoms with Crippen molar-refractivity contribution in [2.45, 2.75) is 71.1 Å². The van der Waals surface area contributed by atoms with Crippen LogP contribution < -0.4 is 26.0 Å². The number of nitrogens with zero attached hydrogens (tertiary/aromatic N) is 1. The van der Waals surface area contributed by atoms with E-state index in [-0.39, 0.29) is 23.4 Å². The summed E-state index contributed by atoms with van der Waals surface area (Å²) < 4.78 is 58.4. The van der Waals surface area contributed by atoms with Gasteiger partial charge < -0.3 is 25.8 Å². The third-order valence-electron chi connectivity index (χ3n) is 6.02. The first kappa shape index (κ1) is 36.7. The van der Waals surface area contributed by atoms with E-state index in [1.807, 2.05) is 11.4 Å². The predicted molar refractivity (Wildman–Crippen MR) is 158 cm³/mol. The van der Waals surface area contributed by atoms with E-state index in [0.29, 0.717) is 11.1 Å². The molecule has 0 aromatic heterocycles. The normalized spacial score (nSPS) is 14.0. The monoisotopic (exact) mass is 635 g/mol. The minimum Gasteiger partial charge on any atom is -0.491 e. The number of aliphatic hydroxyl groups excluding tert-OH is 1. The molecule has 3 atom stereocenters. The number of benzene rings is 2. The molecule has 3 amide bonds. The molecule has 5 N–H and O–H groups in total. The molecule has 0 fully saturated rings. The molecule has 2 aromatic rings. The van der Waals surface area contributed by atoms with Gasteiger partial charge >= 0.3 is 6.18 Å². The van der Waals surface area contributed by atoms with Gasteiger partial charge in [0.25, 0.3) is 5.91 Å². The summed E-state index contributed by atoms with van der Waals surface area (Å²) in [6.45, 7) is 5.70. The zero-order chi connectivity index (χ0) is 33.9. The van der Waals surface area contributed by atoms with Crippen molar-refractivity contribution < 1.29 is 41.8 Å². The maximum Gasteiger partial charge on any atom is 0.401 e. The number of hydrogen-bond donors (Lipinski definition) is 5. The summed E-state index contributed by atoms with van der Waals surface area (Å²) >= 11 is 0. The lowest BCUT2D eigenvalue weighted by atomic mass is 10.1. The molecular formula is C31H37F4N5O5. The molecule has 0 saturated heterocycles. The molecule has 0 aliphatic heterocycles. The first-order valence-corrected chi connectivity index (χ1v) is 13.9. The number of carbonyl (C=O) groups excluding carboxylic acids is 3. The highest BCUT2D eigenvalue weighted by atomic mass is 19.4. The number of amides is 3. The summed E-state index contributed by atoms with van der Waals surface area (Å²) in [5, 5.41) is 28.8. The smallest absolute Gasteiger partial charge is 0.401 e. The highest BCUT2D eigenvalue weighted by Crippen LogP contribution is 2.18. The molecule has 0 aliphatic rings. The molecule has 1 unspecified atom stereocenters. The van der Waals surface area contributed by atoms with Crippen molar-refractivity contribution in [2.24, 2.45) is 0 Å². The lowest BCUT2D eigenvalue weighted by Gasteiger charge is -2.25. The Bertz CT molecular complexity index is 1430. The van der Waals surface area contributed by atoms with E-state index in [0.717, 1.165) is 6.92 Å². The summed E-state index contributed by atoms with van der Waals surface area (Å²) in [4.78, 5) is 38.5. The molecule has 0 heterocycles. The summed E-state index contributed by atoms with van der Waals surface area (Å²) in [5.74, 6) is -2.95. The van der Waals surface area contributed by atoms with Gasteiger partial charge in [0.15, 0.2) is 0 Å². The van der Waals surface area contributed by atoms with Crippen LogP contribution in [0.15, 0.2) is 48.0 Å². The van der Waals surface area contributed by atoms with E-state index in [1.54, 1.807) is 45.9 Å². The molecule has 2 rings (SSSR count). The van der Waals surface area contributed by atoms with Gasteiger partial charge in [-0.05, 0) is 70.0 Å². The van der Waals surface area contributed by atoms with E-state index >= 15 is 0 Å². The van der Waals surface area contributed by atoms with Gasteiger partial charge in [0.2, 0.25) is 11.8 Å². The van der Waals surface area contributed by atoms with Crippen molar-refractivity contribution in [3.8, 4) is 11.8 Å². The average Bonchev–Trinajstić information content (AvgIpc) is 2.91. The number of ether oxygens (including phenoxy) is 1.